The highest BCUT2D eigenvalue weighted by atomic mass is 32.2. The maximum absolute atomic E-state index is 10.8. The largest absolute Gasteiger partial charge is 0.449 e. The van der Waals surface area contributed by atoms with Crippen LogP contribution < -0.4 is 5.43 Å². The van der Waals surface area contributed by atoms with Gasteiger partial charge in [0.1, 0.15) is 5.76 Å². The molecule has 0 radical (unpaired) electrons. The molecule has 9 heteroatoms. The Kier molecular flexibility index (Phi) is 4.24. The lowest BCUT2D eigenvalue weighted by Gasteiger charge is -1.97. The lowest BCUT2D eigenvalue weighted by Crippen LogP contribution is -2.18. The van der Waals surface area contributed by atoms with E-state index >= 15 is 0 Å². The molecule has 94 valence electrons. The predicted molar refractivity (Wildman–Crippen MR) is 56.3 cm³/mol. The van der Waals surface area contributed by atoms with Crippen molar-refractivity contribution in [1.29, 1.82) is 0 Å². The zero-order valence-corrected chi connectivity index (χ0v) is 9.60. The molecule has 17 heavy (non-hydrogen) atoms. The van der Waals surface area contributed by atoms with Crippen LogP contribution in [-0.2, 0) is 14.9 Å². The minimum Gasteiger partial charge on any atom is -0.449 e. The van der Waals surface area contributed by atoms with Crippen LogP contribution in [0.15, 0.2) is 26.7 Å². The summed E-state index contributed by atoms with van der Waals surface area (Å²) in [5.74, 6) is 0.0504. The molecule has 0 aromatic carbocycles. The van der Waals surface area contributed by atoms with Crippen molar-refractivity contribution in [3.8, 4) is 0 Å². The third-order valence-corrected chi connectivity index (χ3v) is 2.21. The van der Waals surface area contributed by atoms with Crippen LogP contribution in [0.3, 0.4) is 0 Å². The summed E-state index contributed by atoms with van der Waals surface area (Å²) in [5.41, 5.74) is 2.02. The second kappa shape index (κ2) is 5.46. The van der Waals surface area contributed by atoms with Gasteiger partial charge in [0.05, 0.1) is 12.8 Å². The first-order chi connectivity index (χ1) is 7.93. The number of ether oxygens (including phenoxy) is 1. The van der Waals surface area contributed by atoms with Gasteiger partial charge in [-0.2, -0.15) is 13.5 Å². The first-order valence-electron chi connectivity index (χ1n) is 4.46. The van der Waals surface area contributed by atoms with E-state index in [0.29, 0.717) is 0 Å². The Balaban J connectivity index is 2.61. The number of nitrogens with zero attached hydrogens (tertiary/aromatic N) is 1. The maximum atomic E-state index is 10.8. The van der Waals surface area contributed by atoms with E-state index in [4.69, 9.17) is 8.97 Å². The van der Waals surface area contributed by atoms with E-state index in [0.717, 1.165) is 12.3 Å². The molecule has 1 aromatic heterocycles. The average Bonchev–Trinajstić information content (AvgIpc) is 2.66. The zero-order valence-electron chi connectivity index (χ0n) is 8.78. The molecule has 0 fully saturated rings. The van der Waals surface area contributed by atoms with Gasteiger partial charge in [-0.05, 0) is 19.1 Å². The summed E-state index contributed by atoms with van der Waals surface area (Å²) in [6, 6.07) is 2.32. The number of carbonyl (C=O) groups is 1. The molecule has 2 N–H and O–H groups in total. The number of amides is 1. The minimum atomic E-state index is -4.37. The van der Waals surface area contributed by atoms with Crippen molar-refractivity contribution in [2.45, 2.75) is 12.0 Å². The molecule has 0 bridgehead atoms. The second-order valence-electron chi connectivity index (χ2n) is 2.72. The molecular formula is C8H10N2O6S. The number of hydrazone groups is 1. The fourth-order valence-electron chi connectivity index (χ4n) is 0.854. The van der Waals surface area contributed by atoms with Crippen molar-refractivity contribution in [1.82, 2.24) is 5.43 Å². The van der Waals surface area contributed by atoms with Gasteiger partial charge < -0.3 is 9.15 Å². The predicted octanol–water partition coefficient (Wildman–Crippen LogP) is 0.606. The van der Waals surface area contributed by atoms with E-state index in [1.165, 1.54) is 6.07 Å². The highest BCUT2D eigenvalue weighted by Crippen LogP contribution is 2.11. The number of carbonyl (C=O) groups excluding carboxylic acids is 1. The molecule has 1 aromatic rings. The Morgan fingerprint density at radius 1 is 1.65 bits per heavy atom. The maximum Gasteiger partial charge on any atom is 0.427 e. The smallest absolute Gasteiger partial charge is 0.427 e. The Bertz CT molecular complexity index is 518. The summed E-state index contributed by atoms with van der Waals surface area (Å²) in [7, 11) is -4.37. The first kappa shape index (κ1) is 13.2. The van der Waals surface area contributed by atoms with E-state index in [9.17, 15) is 13.2 Å². The van der Waals surface area contributed by atoms with Crippen molar-refractivity contribution < 1.29 is 26.9 Å². The first-order valence-corrected chi connectivity index (χ1v) is 5.90. The van der Waals surface area contributed by atoms with Gasteiger partial charge in [0, 0.05) is 0 Å². The Labute approximate surface area is 97.0 Å². The normalized spacial score (nSPS) is 11.6. The van der Waals surface area contributed by atoms with Crippen molar-refractivity contribution in [2.24, 2.45) is 5.10 Å². The molecule has 0 saturated carbocycles. The molecular weight excluding hydrogens is 252 g/mol. The lowest BCUT2D eigenvalue weighted by atomic mass is 10.5. The van der Waals surface area contributed by atoms with Gasteiger partial charge in [-0.1, -0.05) is 0 Å². The lowest BCUT2D eigenvalue weighted by molar-refractivity contribution is 0.152. The molecule has 1 amide bonds. The highest BCUT2D eigenvalue weighted by Gasteiger charge is 2.13. The quantitative estimate of drug-likeness (QED) is 0.466. The Morgan fingerprint density at radius 3 is 2.88 bits per heavy atom. The average molecular weight is 262 g/mol. The van der Waals surface area contributed by atoms with Crippen molar-refractivity contribution in [3.05, 3.63) is 17.9 Å². The fourth-order valence-corrected chi connectivity index (χ4v) is 1.30. The second-order valence-corrected chi connectivity index (χ2v) is 4.07. The van der Waals surface area contributed by atoms with Gasteiger partial charge in [0.25, 0.3) is 0 Å². The van der Waals surface area contributed by atoms with E-state index in [1.54, 1.807) is 6.92 Å². The van der Waals surface area contributed by atoms with Crippen LogP contribution >= 0.6 is 0 Å². The van der Waals surface area contributed by atoms with Crippen LogP contribution in [0.2, 0.25) is 0 Å². The number of furan rings is 1. The summed E-state index contributed by atoms with van der Waals surface area (Å²) < 4.78 is 39.1. The molecule has 1 heterocycles. The van der Waals surface area contributed by atoms with Gasteiger partial charge in [0.2, 0.25) is 5.09 Å². The molecule has 0 atom stereocenters. The molecule has 0 saturated heterocycles. The van der Waals surface area contributed by atoms with Crippen LogP contribution in [0, 0.1) is 0 Å². The number of nitrogens with one attached hydrogen (secondary N) is 1. The monoisotopic (exact) mass is 262 g/mol. The summed E-state index contributed by atoms with van der Waals surface area (Å²) >= 11 is 0. The topological polar surface area (TPSA) is 118 Å². The Hall–Kier alpha value is -1.87. The minimum absolute atomic E-state index is 0.0504. The zero-order chi connectivity index (χ0) is 12.9. The van der Waals surface area contributed by atoms with Crippen LogP contribution in [0.4, 0.5) is 4.79 Å². The number of hydrogen-bond donors (Lipinski definition) is 2. The summed E-state index contributed by atoms with van der Waals surface area (Å²) in [4.78, 5) is 10.8. The van der Waals surface area contributed by atoms with Crippen LogP contribution in [0.25, 0.3) is 0 Å². The van der Waals surface area contributed by atoms with Crippen LogP contribution in [-0.4, -0.2) is 31.9 Å². The molecule has 0 aliphatic carbocycles. The van der Waals surface area contributed by atoms with Gasteiger partial charge in [-0.15, -0.1) is 0 Å². The summed E-state index contributed by atoms with van der Waals surface area (Å²) in [6.07, 6.45) is 0.316. The van der Waals surface area contributed by atoms with Crippen molar-refractivity contribution >= 4 is 22.4 Å². The SMILES string of the molecule is CCOC(=O)N/N=C/c1ccc(S(=O)(=O)O)o1. The van der Waals surface area contributed by atoms with Gasteiger partial charge in [-0.25, -0.2) is 10.2 Å². The summed E-state index contributed by atoms with van der Waals surface area (Å²) in [5, 5.41) is 2.83. The molecule has 0 unspecified atom stereocenters. The van der Waals surface area contributed by atoms with E-state index in [-0.39, 0.29) is 12.4 Å². The number of rotatable bonds is 4. The van der Waals surface area contributed by atoms with E-state index in [2.05, 4.69) is 9.84 Å². The molecule has 8 nitrogen and oxygen atoms in total. The Morgan fingerprint density at radius 2 is 2.35 bits per heavy atom. The van der Waals surface area contributed by atoms with E-state index in [1.807, 2.05) is 5.43 Å². The van der Waals surface area contributed by atoms with Gasteiger partial charge in [0.15, 0.2) is 0 Å². The third-order valence-electron chi connectivity index (χ3n) is 1.48. The van der Waals surface area contributed by atoms with Crippen LogP contribution in [0.1, 0.15) is 12.7 Å². The van der Waals surface area contributed by atoms with Crippen LogP contribution in [0.5, 0.6) is 0 Å². The van der Waals surface area contributed by atoms with Gasteiger partial charge in [-0.3, -0.25) is 4.55 Å². The van der Waals surface area contributed by atoms with E-state index < -0.39 is 21.3 Å². The molecule has 1 rings (SSSR count). The number of hydrogen-bond acceptors (Lipinski definition) is 6. The molecule has 0 spiro atoms. The fraction of sp³-hybridized carbons (Fsp3) is 0.250. The van der Waals surface area contributed by atoms with Crippen molar-refractivity contribution in [3.63, 3.8) is 0 Å². The highest BCUT2D eigenvalue weighted by molar-refractivity contribution is 7.85. The van der Waals surface area contributed by atoms with Crippen molar-refractivity contribution in [2.75, 3.05) is 6.61 Å². The third kappa shape index (κ3) is 4.25. The molecule has 0 aliphatic rings. The summed E-state index contributed by atoms with van der Waals surface area (Å²) in [6.45, 7) is 1.84. The molecule has 0 aliphatic heterocycles. The van der Waals surface area contributed by atoms with Gasteiger partial charge >= 0.3 is 16.2 Å². The standard InChI is InChI=1S/C8H10N2O6S/c1-2-15-8(11)10-9-5-6-3-4-7(16-6)17(12,13)14/h3-5H,2H2,1H3,(H,10,11)(H,12,13,14)/b9-5+.